The minimum atomic E-state index is -0.211. The zero-order valence-corrected chi connectivity index (χ0v) is 18.0. The normalized spacial score (nSPS) is 20.1. The second-order valence-corrected chi connectivity index (χ2v) is 8.85. The number of hydrogen-bond acceptors (Lipinski definition) is 4. The summed E-state index contributed by atoms with van der Waals surface area (Å²) in [5, 5.41) is 10.2. The number of halogens is 2. The van der Waals surface area contributed by atoms with Crippen molar-refractivity contribution in [3.63, 3.8) is 0 Å². The highest BCUT2D eigenvalue weighted by atomic mass is 35.5. The molecule has 0 unspecified atom stereocenters. The van der Waals surface area contributed by atoms with Gasteiger partial charge in [0, 0.05) is 28.1 Å². The Balaban J connectivity index is 1.29. The molecule has 1 atom stereocenters. The summed E-state index contributed by atoms with van der Waals surface area (Å²) < 4.78 is 19.8. The van der Waals surface area contributed by atoms with Crippen molar-refractivity contribution in [1.82, 2.24) is 15.2 Å². The van der Waals surface area contributed by atoms with Crippen LogP contribution in [0.4, 0.5) is 4.39 Å². The van der Waals surface area contributed by atoms with Crippen LogP contribution in [0.15, 0.2) is 59.1 Å². The molecule has 1 aliphatic rings. The van der Waals surface area contributed by atoms with Gasteiger partial charge in [0.05, 0.1) is 5.52 Å². The molecule has 158 valence electrons. The summed E-state index contributed by atoms with van der Waals surface area (Å²) in [5.74, 6) is 2.10. The molecule has 5 rings (SSSR count). The van der Waals surface area contributed by atoms with Gasteiger partial charge in [0.15, 0.2) is 0 Å². The first-order valence-corrected chi connectivity index (χ1v) is 11.1. The molecule has 4 aromatic rings. The molecule has 4 nitrogen and oxygen atoms in total. The smallest absolute Gasteiger partial charge is 0.247 e. The molecule has 1 saturated carbocycles. The molecule has 2 aromatic heterocycles. The molecule has 2 heterocycles. The van der Waals surface area contributed by atoms with Gasteiger partial charge in [-0.05, 0) is 91.6 Å². The maximum atomic E-state index is 13.8. The number of benzene rings is 2. The van der Waals surface area contributed by atoms with Gasteiger partial charge in [0.1, 0.15) is 5.82 Å². The van der Waals surface area contributed by atoms with Gasteiger partial charge in [-0.3, -0.25) is 4.98 Å². The van der Waals surface area contributed by atoms with Crippen LogP contribution in [-0.4, -0.2) is 15.2 Å². The van der Waals surface area contributed by atoms with Gasteiger partial charge in [0.2, 0.25) is 11.8 Å². The van der Waals surface area contributed by atoms with Crippen LogP contribution < -0.4 is 0 Å². The van der Waals surface area contributed by atoms with E-state index in [-0.39, 0.29) is 11.7 Å². The fourth-order valence-corrected chi connectivity index (χ4v) is 4.88. The fraction of sp³-hybridized carbons (Fsp3) is 0.320. The van der Waals surface area contributed by atoms with Crippen LogP contribution in [0.3, 0.4) is 0 Å². The van der Waals surface area contributed by atoms with E-state index in [0.29, 0.717) is 28.6 Å². The van der Waals surface area contributed by atoms with Crippen molar-refractivity contribution in [2.45, 2.75) is 44.4 Å². The van der Waals surface area contributed by atoms with Crippen molar-refractivity contribution in [2.24, 2.45) is 5.92 Å². The van der Waals surface area contributed by atoms with Crippen LogP contribution in [0.1, 0.15) is 55.9 Å². The van der Waals surface area contributed by atoms with Crippen LogP contribution in [0.5, 0.6) is 0 Å². The molecule has 1 aliphatic carbocycles. The minimum Gasteiger partial charge on any atom is -0.420 e. The van der Waals surface area contributed by atoms with Gasteiger partial charge < -0.3 is 4.42 Å². The monoisotopic (exact) mass is 435 g/mol. The maximum Gasteiger partial charge on any atom is 0.247 e. The van der Waals surface area contributed by atoms with E-state index in [1.54, 1.807) is 12.1 Å². The van der Waals surface area contributed by atoms with Gasteiger partial charge in [0.25, 0.3) is 0 Å². The van der Waals surface area contributed by atoms with Gasteiger partial charge in [-0.15, -0.1) is 10.2 Å². The summed E-state index contributed by atoms with van der Waals surface area (Å²) >= 11 is 5.96. The minimum absolute atomic E-state index is 0.195. The van der Waals surface area contributed by atoms with Gasteiger partial charge in [-0.25, -0.2) is 4.39 Å². The van der Waals surface area contributed by atoms with Crippen molar-refractivity contribution in [3.05, 3.63) is 77.0 Å². The molecule has 6 heteroatoms. The number of pyridine rings is 1. The molecule has 0 aliphatic heterocycles. The Morgan fingerprint density at radius 3 is 2.55 bits per heavy atom. The number of fused-ring (bicyclic) bond motifs is 1. The lowest BCUT2D eigenvalue weighted by Gasteiger charge is -2.31. The third-order valence-electron chi connectivity index (χ3n) is 6.58. The summed E-state index contributed by atoms with van der Waals surface area (Å²) in [6, 6.07) is 14.3. The predicted molar refractivity (Wildman–Crippen MR) is 120 cm³/mol. The Bertz CT molecular complexity index is 1200. The third kappa shape index (κ3) is 4.07. The van der Waals surface area contributed by atoms with E-state index in [1.165, 1.54) is 11.6 Å². The molecule has 0 amide bonds. The van der Waals surface area contributed by atoms with Gasteiger partial charge >= 0.3 is 0 Å². The zero-order chi connectivity index (χ0) is 21.4. The topological polar surface area (TPSA) is 51.8 Å². The molecule has 31 heavy (non-hydrogen) atoms. The molecular weight excluding hydrogens is 413 g/mol. The van der Waals surface area contributed by atoms with Crippen LogP contribution >= 0.6 is 11.6 Å². The van der Waals surface area contributed by atoms with Crippen molar-refractivity contribution in [3.8, 4) is 11.5 Å². The summed E-state index contributed by atoms with van der Waals surface area (Å²) in [5.41, 5.74) is 2.93. The van der Waals surface area contributed by atoms with Crippen molar-refractivity contribution in [2.75, 3.05) is 0 Å². The van der Waals surface area contributed by atoms with Crippen LogP contribution in [0, 0.1) is 11.7 Å². The average molecular weight is 436 g/mol. The highest BCUT2D eigenvalue weighted by Crippen LogP contribution is 2.43. The summed E-state index contributed by atoms with van der Waals surface area (Å²) in [4.78, 5) is 4.39. The van der Waals surface area contributed by atoms with Gasteiger partial charge in [-0.1, -0.05) is 18.5 Å². The SMILES string of the molecule is C[C@@H](c1nnc(-c2ccc(Cl)cc2)o1)[C@H]1CC[C@@H](c2ccnc3ccc(F)cc32)CC1. The Labute approximate surface area is 185 Å². The molecule has 0 spiro atoms. The first kappa shape index (κ1) is 20.1. The van der Waals surface area contributed by atoms with E-state index >= 15 is 0 Å². The van der Waals surface area contributed by atoms with E-state index in [0.717, 1.165) is 42.1 Å². The lowest BCUT2D eigenvalue weighted by molar-refractivity contribution is 0.266. The Morgan fingerprint density at radius 2 is 1.77 bits per heavy atom. The molecular formula is C25H23ClFN3O. The lowest BCUT2D eigenvalue weighted by atomic mass is 9.74. The Hall–Kier alpha value is -2.79. The maximum absolute atomic E-state index is 13.8. The van der Waals surface area contributed by atoms with Crippen molar-refractivity contribution >= 4 is 22.5 Å². The van der Waals surface area contributed by atoms with E-state index in [9.17, 15) is 4.39 Å². The molecule has 0 radical (unpaired) electrons. The largest absolute Gasteiger partial charge is 0.420 e. The Kier molecular flexibility index (Phi) is 5.45. The number of rotatable bonds is 4. The molecule has 0 N–H and O–H groups in total. The first-order chi connectivity index (χ1) is 15.1. The lowest BCUT2D eigenvalue weighted by Crippen LogP contribution is -2.18. The fourth-order valence-electron chi connectivity index (χ4n) is 4.76. The summed E-state index contributed by atoms with van der Waals surface area (Å²) in [6.45, 7) is 2.17. The van der Waals surface area contributed by atoms with Gasteiger partial charge in [-0.2, -0.15) is 0 Å². The predicted octanol–water partition coefficient (Wildman–Crippen LogP) is 7.15. The van der Waals surface area contributed by atoms with Crippen LogP contribution in [-0.2, 0) is 0 Å². The third-order valence-corrected chi connectivity index (χ3v) is 6.83. The van der Waals surface area contributed by atoms with Crippen molar-refractivity contribution < 1.29 is 8.81 Å². The second-order valence-electron chi connectivity index (χ2n) is 8.41. The molecule has 2 aromatic carbocycles. The highest BCUT2D eigenvalue weighted by Gasteiger charge is 2.30. The molecule has 0 saturated heterocycles. The van der Waals surface area contributed by atoms with E-state index < -0.39 is 0 Å². The average Bonchev–Trinajstić information content (AvgIpc) is 3.29. The Morgan fingerprint density at radius 1 is 1.00 bits per heavy atom. The van der Waals surface area contributed by atoms with E-state index in [1.807, 2.05) is 36.5 Å². The zero-order valence-electron chi connectivity index (χ0n) is 17.3. The first-order valence-electron chi connectivity index (χ1n) is 10.7. The van der Waals surface area contributed by atoms with Crippen molar-refractivity contribution in [1.29, 1.82) is 0 Å². The summed E-state index contributed by atoms with van der Waals surface area (Å²) in [6.07, 6.45) is 6.10. The quantitative estimate of drug-likeness (QED) is 0.341. The standard InChI is InChI=1S/C25H23ClFN3O/c1-15(24-29-30-25(31-24)18-6-8-19(26)9-7-18)16-2-4-17(5-3-16)21-12-13-28-23-11-10-20(27)14-22(21)23/h6-17H,2-5H2,1H3/t15-,16-,17+/m1/s1. The van der Waals surface area contributed by atoms with Crippen LogP contribution in [0.25, 0.3) is 22.4 Å². The summed E-state index contributed by atoms with van der Waals surface area (Å²) in [7, 11) is 0. The molecule has 0 bridgehead atoms. The number of nitrogens with zero attached hydrogens (tertiary/aromatic N) is 3. The van der Waals surface area contributed by atoms with E-state index in [2.05, 4.69) is 22.1 Å². The number of aromatic nitrogens is 3. The van der Waals surface area contributed by atoms with E-state index in [4.69, 9.17) is 16.0 Å². The second kappa shape index (κ2) is 8.39. The van der Waals surface area contributed by atoms with Crippen LogP contribution in [0.2, 0.25) is 5.02 Å². The number of hydrogen-bond donors (Lipinski definition) is 0. The highest BCUT2D eigenvalue weighted by molar-refractivity contribution is 6.30. The molecule has 1 fully saturated rings.